The van der Waals surface area contributed by atoms with Crippen molar-refractivity contribution in [3.05, 3.63) is 12.8 Å². The first-order chi connectivity index (χ1) is 6.67. The minimum absolute atomic E-state index is 0.173. The Morgan fingerprint density at radius 3 is 3.00 bits per heavy atom. The molecule has 0 atom stereocenters. The average molecular weight is 199 g/mol. The summed E-state index contributed by atoms with van der Waals surface area (Å²) < 4.78 is 10.6. The molecule has 0 aromatic rings. The van der Waals surface area contributed by atoms with Crippen LogP contribution in [0.5, 0.6) is 0 Å². The van der Waals surface area contributed by atoms with Gasteiger partial charge in [-0.2, -0.15) is 0 Å². The molecule has 0 radical (unpaired) electrons. The van der Waals surface area contributed by atoms with Gasteiger partial charge in [-0.25, -0.2) is 0 Å². The first-order valence-corrected chi connectivity index (χ1v) is 5.22. The summed E-state index contributed by atoms with van der Waals surface area (Å²) in [5.41, 5.74) is 0.173. The van der Waals surface area contributed by atoms with Gasteiger partial charge in [0.25, 0.3) is 0 Å². The molecule has 3 heteroatoms. The predicted octanol–water partition coefficient (Wildman–Crippen LogP) is 1.65. The van der Waals surface area contributed by atoms with Crippen molar-refractivity contribution >= 4 is 0 Å². The zero-order chi connectivity index (χ0) is 10.4. The van der Waals surface area contributed by atoms with Gasteiger partial charge in [0.15, 0.2) is 0 Å². The first-order valence-electron chi connectivity index (χ1n) is 5.22. The van der Waals surface area contributed by atoms with Crippen LogP contribution in [-0.2, 0) is 9.47 Å². The molecule has 0 saturated carbocycles. The van der Waals surface area contributed by atoms with Gasteiger partial charge < -0.3 is 9.47 Å². The van der Waals surface area contributed by atoms with Crippen molar-refractivity contribution in [3.8, 4) is 0 Å². The smallest absolute Gasteiger partial charge is 0.0885 e. The highest BCUT2D eigenvalue weighted by Gasteiger charge is 2.29. The van der Waals surface area contributed by atoms with Crippen LogP contribution in [0.1, 0.15) is 20.3 Å². The van der Waals surface area contributed by atoms with Gasteiger partial charge in [0.2, 0.25) is 0 Å². The Balaban J connectivity index is 2.23. The number of nitrogens with zero attached hydrogens (tertiary/aromatic N) is 1. The lowest BCUT2D eigenvalue weighted by molar-refractivity contribution is -0.0525. The molecule has 0 aromatic carbocycles. The third kappa shape index (κ3) is 3.31. The Labute approximate surface area is 86.7 Å². The van der Waals surface area contributed by atoms with E-state index in [9.17, 15) is 0 Å². The molecule has 1 aliphatic heterocycles. The van der Waals surface area contributed by atoms with Gasteiger partial charge in [0.1, 0.15) is 0 Å². The normalized spacial score (nSPS) is 21.9. The lowest BCUT2D eigenvalue weighted by Crippen LogP contribution is -2.53. The molecule has 1 fully saturated rings. The van der Waals surface area contributed by atoms with E-state index in [1.807, 2.05) is 0 Å². The fourth-order valence-corrected chi connectivity index (χ4v) is 1.73. The van der Waals surface area contributed by atoms with Crippen LogP contribution in [0.25, 0.3) is 0 Å². The Morgan fingerprint density at radius 2 is 2.36 bits per heavy atom. The largest absolute Gasteiger partial charge is 0.502 e. The number of ether oxygens (including phenoxy) is 2. The molecular formula is C11H21NO2. The lowest BCUT2D eigenvalue weighted by Gasteiger charge is -2.42. The predicted molar refractivity (Wildman–Crippen MR) is 57.2 cm³/mol. The van der Waals surface area contributed by atoms with Crippen LogP contribution in [0.3, 0.4) is 0 Å². The molecule has 0 bridgehead atoms. The molecule has 1 aliphatic rings. The fourth-order valence-electron chi connectivity index (χ4n) is 1.73. The van der Waals surface area contributed by atoms with Crippen molar-refractivity contribution in [3.63, 3.8) is 0 Å². The van der Waals surface area contributed by atoms with Crippen molar-refractivity contribution in [1.82, 2.24) is 4.90 Å². The molecule has 0 spiro atoms. The van der Waals surface area contributed by atoms with Crippen LogP contribution in [0.2, 0.25) is 0 Å². The molecule has 0 N–H and O–H groups in total. The van der Waals surface area contributed by atoms with Gasteiger partial charge in [-0.1, -0.05) is 6.58 Å². The van der Waals surface area contributed by atoms with E-state index in [1.54, 1.807) is 0 Å². The maximum atomic E-state index is 5.45. The fraction of sp³-hybridized carbons (Fsp3) is 0.818. The van der Waals surface area contributed by atoms with Crippen LogP contribution in [0, 0.1) is 0 Å². The molecule has 0 unspecified atom stereocenters. The standard InChI is InChI=1S/C11H21NO2/c1-4-13-8-5-6-12-7-9-14-10-11(12,2)3/h4H,1,5-10H2,2-3H3. The van der Waals surface area contributed by atoms with Crippen LogP contribution >= 0.6 is 0 Å². The van der Waals surface area contributed by atoms with Gasteiger partial charge in [0, 0.05) is 18.6 Å². The molecule has 14 heavy (non-hydrogen) atoms. The molecule has 1 heterocycles. The van der Waals surface area contributed by atoms with Crippen LogP contribution in [0.4, 0.5) is 0 Å². The summed E-state index contributed by atoms with van der Waals surface area (Å²) in [5.74, 6) is 0. The van der Waals surface area contributed by atoms with Gasteiger partial charge in [-0.15, -0.1) is 0 Å². The summed E-state index contributed by atoms with van der Waals surface area (Å²) in [4.78, 5) is 2.46. The SMILES string of the molecule is C=COCCCN1CCOCC1(C)C. The third-order valence-electron chi connectivity index (χ3n) is 2.62. The second-order valence-corrected chi connectivity index (χ2v) is 4.24. The van der Waals surface area contributed by atoms with Crippen molar-refractivity contribution in [2.75, 3.05) is 32.9 Å². The topological polar surface area (TPSA) is 21.7 Å². The van der Waals surface area contributed by atoms with Crippen molar-refractivity contribution in [2.45, 2.75) is 25.8 Å². The zero-order valence-electron chi connectivity index (χ0n) is 9.29. The van der Waals surface area contributed by atoms with E-state index in [-0.39, 0.29) is 5.54 Å². The maximum absolute atomic E-state index is 5.45. The highest BCUT2D eigenvalue weighted by Crippen LogP contribution is 2.18. The van der Waals surface area contributed by atoms with E-state index in [4.69, 9.17) is 9.47 Å². The Hall–Kier alpha value is -0.540. The molecule has 0 aliphatic carbocycles. The van der Waals surface area contributed by atoms with E-state index >= 15 is 0 Å². The summed E-state index contributed by atoms with van der Waals surface area (Å²) in [7, 11) is 0. The van der Waals surface area contributed by atoms with Gasteiger partial charge in [-0.05, 0) is 20.3 Å². The molecule has 82 valence electrons. The van der Waals surface area contributed by atoms with Crippen LogP contribution < -0.4 is 0 Å². The summed E-state index contributed by atoms with van der Waals surface area (Å²) >= 11 is 0. The van der Waals surface area contributed by atoms with Crippen LogP contribution in [-0.4, -0.2) is 43.3 Å². The summed E-state index contributed by atoms with van der Waals surface area (Å²) in [5, 5.41) is 0. The van der Waals surface area contributed by atoms with E-state index in [1.165, 1.54) is 6.26 Å². The Bertz CT molecular complexity index is 180. The van der Waals surface area contributed by atoms with E-state index < -0.39 is 0 Å². The van der Waals surface area contributed by atoms with Crippen molar-refractivity contribution in [2.24, 2.45) is 0 Å². The maximum Gasteiger partial charge on any atom is 0.0885 e. The molecule has 0 amide bonds. The van der Waals surface area contributed by atoms with Gasteiger partial charge >= 0.3 is 0 Å². The average Bonchev–Trinajstić information content (AvgIpc) is 2.14. The monoisotopic (exact) mass is 199 g/mol. The third-order valence-corrected chi connectivity index (χ3v) is 2.62. The molecule has 0 aromatic heterocycles. The number of morpholine rings is 1. The molecule has 1 rings (SSSR count). The zero-order valence-corrected chi connectivity index (χ0v) is 9.29. The summed E-state index contributed by atoms with van der Waals surface area (Å²) in [6, 6.07) is 0. The quantitative estimate of drug-likeness (QED) is 0.496. The summed E-state index contributed by atoms with van der Waals surface area (Å²) in [6.45, 7) is 12.5. The minimum atomic E-state index is 0.173. The number of hydrogen-bond acceptors (Lipinski definition) is 3. The highest BCUT2D eigenvalue weighted by atomic mass is 16.5. The van der Waals surface area contributed by atoms with E-state index in [2.05, 4.69) is 25.3 Å². The molecule has 1 saturated heterocycles. The minimum Gasteiger partial charge on any atom is -0.502 e. The Kier molecular flexibility index (Phi) is 4.42. The summed E-state index contributed by atoms with van der Waals surface area (Å²) in [6.07, 6.45) is 2.56. The van der Waals surface area contributed by atoms with E-state index in [0.717, 1.165) is 39.3 Å². The number of rotatable bonds is 5. The van der Waals surface area contributed by atoms with E-state index in [0.29, 0.717) is 0 Å². The van der Waals surface area contributed by atoms with Crippen LogP contribution in [0.15, 0.2) is 12.8 Å². The first kappa shape index (κ1) is 11.5. The van der Waals surface area contributed by atoms with Gasteiger partial charge in [-0.3, -0.25) is 4.90 Å². The molecule has 3 nitrogen and oxygen atoms in total. The highest BCUT2D eigenvalue weighted by molar-refractivity contribution is 4.84. The number of hydrogen-bond donors (Lipinski definition) is 0. The Morgan fingerprint density at radius 1 is 1.57 bits per heavy atom. The second-order valence-electron chi connectivity index (χ2n) is 4.24. The van der Waals surface area contributed by atoms with Crippen molar-refractivity contribution < 1.29 is 9.47 Å². The molecular weight excluding hydrogens is 178 g/mol. The second kappa shape index (κ2) is 5.37. The van der Waals surface area contributed by atoms with Gasteiger partial charge in [0.05, 0.1) is 26.1 Å². The van der Waals surface area contributed by atoms with Crippen molar-refractivity contribution in [1.29, 1.82) is 0 Å². The lowest BCUT2D eigenvalue weighted by atomic mass is 10.0.